The zero-order valence-electron chi connectivity index (χ0n) is 12.2. The van der Waals surface area contributed by atoms with Gasteiger partial charge in [0, 0.05) is 16.0 Å². The molecule has 1 aromatic heterocycles. The minimum absolute atomic E-state index is 0.334. The van der Waals surface area contributed by atoms with Gasteiger partial charge in [-0.05, 0) is 30.5 Å². The van der Waals surface area contributed by atoms with Gasteiger partial charge < -0.3 is 9.84 Å². The molecule has 1 heterocycles. The maximum Gasteiger partial charge on any atom is 0.119 e. The van der Waals surface area contributed by atoms with E-state index in [1.54, 1.807) is 23.1 Å². The molecule has 0 saturated carbocycles. The van der Waals surface area contributed by atoms with Crippen LogP contribution >= 0.6 is 23.1 Å². The fourth-order valence-electron chi connectivity index (χ4n) is 1.40. The maximum atomic E-state index is 9.82. The van der Waals surface area contributed by atoms with E-state index < -0.39 is 6.10 Å². The molecule has 0 saturated heterocycles. The zero-order chi connectivity index (χ0) is 14.8. The molecule has 0 fully saturated rings. The van der Waals surface area contributed by atoms with Crippen LogP contribution in [0.2, 0.25) is 0 Å². The van der Waals surface area contributed by atoms with Gasteiger partial charge in [-0.25, -0.2) is 0 Å². The van der Waals surface area contributed by atoms with Gasteiger partial charge in [0.15, 0.2) is 0 Å². The van der Waals surface area contributed by atoms with Crippen molar-refractivity contribution in [3.05, 3.63) is 46.7 Å². The fourth-order valence-corrected chi connectivity index (χ4v) is 3.09. The maximum absolute atomic E-state index is 9.82. The molecule has 2 aromatic rings. The molecule has 0 spiro atoms. The van der Waals surface area contributed by atoms with Crippen molar-refractivity contribution in [1.82, 2.24) is 0 Å². The summed E-state index contributed by atoms with van der Waals surface area (Å²) in [6, 6.07) is 9.91. The van der Waals surface area contributed by atoms with Gasteiger partial charge in [-0.2, -0.15) is 11.3 Å². The normalized spacial score (nSPS) is 11.4. The van der Waals surface area contributed by atoms with E-state index in [1.165, 1.54) is 10.5 Å². The summed E-state index contributed by atoms with van der Waals surface area (Å²) in [4.78, 5) is 1.20. The van der Waals surface area contributed by atoms with E-state index in [1.807, 2.05) is 50.4 Å². The van der Waals surface area contributed by atoms with E-state index in [9.17, 15) is 5.11 Å². The quantitative estimate of drug-likeness (QED) is 0.790. The predicted molar refractivity (Wildman–Crippen MR) is 89.1 cm³/mol. The van der Waals surface area contributed by atoms with Gasteiger partial charge in [0.2, 0.25) is 0 Å². The first-order valence-corrected chi connectivity index (χ1v) is 8.69. The van der Waals surface area contributed by atoms with E-state index in [0.29, 0.717) is 12.4 Å². The molecule has 0 radical (unpaired) electrons. The van der Waals surface area contributed by atoms with Crippen molar-refractivity contribution < 1.29 is 9.84 Å². The average molecular weight is 310 g/mol. The SMILES string of the molecule is CC.Cc1ccc(OCC(O)CSc2ccsc2)cc1. The van der Waals surface area contributed by atoms with Gasteiger partial charge in [-0.3, -0.25) is 0 Å². The molecule has 1 unspecified atom stereocenters. The second-order valence-electron chi connectivity index (χ2n) is 4.05. The van der Waals surface area contributed by atoms with Gasteiger partial charge in [0.05, 0.1) is 6.10 Å². The summed E-state index contributed by atoms with van der Waals surface area (Å²) >= 11 is 3.32. The van der Waals surface area contributed by atoms with Gasteiger partial charge in [-0.15, -0.1) is 11.8 Å². The number of hydrogen-bond acceptors (Lipinski definition) is 4. The van der Waals surface area contributed by atoms with Crippen molar-refractivity contribution in [3.63, 3.8) is 0 Å². The first-order chi connectivity index (χ1) is 9.74. The molecule has 110 valence electrons. The summed E-state index contributed by atoms with van der Waals surface area (Å²) in [5, 5.41) is 13.9. The third kappa shape index (κ3) is 6.46. The lowest BCUT2D eigenvalue weighted by atomic mass is 10.2. The smallest absolute Gasteiger partial charge is 0.119 e. The monoisotopic (exact) mass is 310 g/mol. The lowest BCUT2D eigenvalue weighted by molar-refractivity contribution is 0.126. The number of aliphatic hydroxyl groups is 1. The Hall–Kier alpha value is -0.970. The third-order valence-corrected chi connectivity index (χ3v) is 4.37. The molecule has 0 amide bonds. The van der Waals surface area contributed by atoms with Crippen LogP contribution in [0.25, 0.3) is 0 Å². The number of aryl methyl sites for hydroxylation is 1. The molecule has 0 aliphatic carbocycles. The summed E-state index contributed by atoms with van der Waals surface area (Å²) in [6.07, 6.45) is -0.448. The highest BCUT2D eigenvalue weighted by atomic mass is 32.2. The molecule has 4 heteroatoms. The summed E-state index contributed by atoms with van der Waals surface area (Å²) < 4.78 is 5.53. The average Bonchev–Trinajstić information content (AvgIpc) is 3.00. The molecule has 0 aliphatic heterocycles. The molecule has 2 rings (SSSR count). The highest BCUT2D eigenvalue weighted by Gasteiger charge is 2.06. The molecule has 1 aromatic carbocycles. The number of benzene rings is 1. The van der Waals surface area contributed by atoms with Crippen LogP contribution in [0.3, 0.4) is 0 Å². The minimum atomic E-state index is -0.448. The number of hydrogen-bond donors (Lipinski definition) is 1. The second kappa shape index (κ2) is 9.86. The first kappa shape index (κ1) is 17.1. The van der Waals surface area contributed by atoms with Crippen LogP contribution in [-0.4, -0.2) is 23.6 Å². The minimum Gasteiger partial charge on any atom is -0.491 e. The molecule has 2 nitrogen and oxygen atoms in total. The third-order valence-electron chi connectivity index (χ3n) is 2.40. The predicted octanol–water partition coefficient (Wildman–Crippen LogP) is 4.61. The highest BCUT2D eigenvalue weighted by Crippen LogP contribution is 2.21. The van der Waals surface area contributed by atoms with E-state index in [2.05, 4.69) is 11.4 Å². The van der Waals surface area contributed by atoms with Crippen LogP contribution in [-0.2, 0) is 0 Å². The highest BCUT2D eigenvalue weighted by molar-refractivity contribution is 7.99. The molecule has 20 heavy (non-hydrogen) atoms. The zero-order valence-corrected chi connectivity index (χ0v) is 13.8. The van der Waals surface area contributed by atoms with Gasteiger partial charge in [0.1, 0.15) is 12.4 Å². The van der Waals surface area contributed by atoms with Crippen LogP contribution in [0.1, 0.15) is 19.4 Å². The topological polar surface area (TPSA) is 29.5 Å². The Morgan fingerprint density at radius 3 is 2.50 bits per heavy atom. The standard InChI is InChI=1S/C14H16O2S2.C2H6/c1-11-2-4-13(5-3-11)16-8-12(15)9-18-14-6-7-17-10-14;1-2/h2-7,10,12,15H,8-9H2,1H3;1-2H3. The number of thioether (sulfide) groups is 1. The fraction of sp³-hybridized carbons (Fsp3) is 0.375. The first-order valence-electron chi connectivity index (χ1n) is 6.76. The van der Waals surface area contributed by atoms with Crippen molar-refractivity contribution in [2.24, 2.45) is 0 Å². The van der Waals surface area contributed by atoms with Crippen molar-refractivity contribution in [1.29, 1.82) is 0 Å². The Kier molecular flexibility index (Phi) is 8.42. The lowest BCUT2D eigenvalue weighted by Gasteiger charge is -2.11. The molecular weight excluding hydrogens is 288 g/mol. The number of thiophene rings is 1. The lowest BCUT2D eigenvalue weighted by Crippen LogP contribution is -2.19. The van der Waals surface area contributed by atoms with Crippen LogP contribution in [0.15, 0.2) is 46.0 Å². The second-order valence-corrected chi connectivity index (χ2v) is 5.92. The van der Waals surface area contributed by atoms with Crippen molar-refractivity contribution in [3.8, 4) is 5.75 Å². The number of aliphatic hydroxyl groups excluding tert-OH is 1. The van der Waals surface area contributed by atoms with Crippen LogP contribution in [0, 0.1) is 6.92 Å². The summed E-state index contributed by atoms with van der Waals surface area (Å²) in [5.74, 6) is 1.46. The Morgan fingerprint density at radius 2 is 1.90 bits per heavy atom. The van der Waals surface area contributed by atoms with Crippen LogP contribution < -0.4 is 4.74 Å². The largest absolute Gasteiger partial charge is 0.491 e. The van der Waals surface area contributed by atoms with E-state index >= 15 is 0 Å². The van der Waals surface area contributed by atoms with Crippen molar-refractivity contribution in [2.45, 2.75) is 31.8 Å². The van der Waals surface area contributed by atoms with E-state index in [-0.39, 0.29) is 0 Å². The Labute approximate surface area is 129 Å². The number of rotatable bonds is 6. The van der Waals surface area contributed by atoms with Crippen molar-refractivity contribution in [2.75, 3.05) is 12.4 Å². The summed E-state index contributed by atoms with van der Waals surface area (Å²) in [7, 11) is 0. The molecule has 1 atom stereocenters. The molecule has 0 aliphatic rings. The summed E-state index contributed by atoms with van der Waals surface area (Å²) in [6.45, 7) is 6.37. The molecule has 0 bridgehead atoms. The van der Waals surface area contributed by atoms with E-state index in [4.69, 9.17) is 4.74 Å². The van der Waals surface area contributed by atoms with Gasteiger partial charge >= 0.3 is 0 Å². The van der Waals surface area contributed by atoms with E-state index in [0.717, 1.165) is 5.75 Å². The molecule has 1 N–H and O–H groups in total. The van der Waals surface area contributed by atoms with Crippen LogP contribution in [0.4, 0.5) is 0 Å². The Bertz CT molecular complexity index is 452. The molecular formula is C16H22O2S2. The van der Waals surface area contributed by atoms with Gasteiger partial charge in [-0.1, -0.05) is 31.5 Å². The summed E-state index contributed by atoms with van der Waals surface area (Å²) in [5.41, 5.74) is 1.20. The van der Waals surface area contributed by atoms with Gasteiger partial charge in [0.25, 0.3) is 0 Å². The number of ether oxygens (including phenoxy) is 1. The van der Waals surface area contributed by atoms with Crippen LogP contribution in [0.5, 0.6) is 5.75 Å². The van der Waals surface area contributed by atoms with Crippen molar-refractivity contribution >= 4 is 23.1 Å². The Morgan fingerprint density at radius 1 is 1.20 bits per heavy atom. The Balaban J connectivity index is 0.000000956.